The van der Waals surface area contributed by atoms with Crippen molar-refractivity contribution >= 4 is 17.1 Å². The molecule has 2 aromatic rings. The minimum atomic E-state index is -3.20. The summed E-state index contributed by atoms with van der Waals surface area (Å²) in [6.07, 6.45) is -2.65. The Bertz CT molecular complexity index is 648. The summed E-state index contributed by atoms with van der Waals surface area (Å²) in [5.74, 6) is -3.26. The van der Waals surface area contributed by atoms with Crippen LogP contribution in [0, 0.1) is 0 Å². The molecule has 20 heavy (non-hydrogen) atoms. The Hall–Kier alpha value is -1.88. The van der Waals surface area contributed by atoms with Crippen molar-refractivity contribution in [2.75, 3.05) is 12.3 Å². The van der Waals surface area contributed by atoms with Gasteiger partial charge in [0.1, 0.15) is 17.7 Å². The molecule has 2 aromatic heterocycles. The van der Waals surface area contributed by atoms with Crippen LogP contribution in [-0.2, 0) is 4.74 Å². The molecule has 0 bridgehead atoms. The van der Waals surface area contributed by atoms with Crippen LogP contribution in [0.1, 0.15) is 6.23 Å². The number of ether oxygens (including phenoxy) is 1. The van der Waals surface area contributed by atoms with Crippen molar-refractivity contribution in [2.45, 2.75) is 24.3 Å². The van der Waals surface area contributed by atoms with E-state index in [1.807, 2.05) is 0 Å². The van der Waals surface area contributed by atoms with Crippen molar-refractivity contribution in [3.8, 4) is 0 Å². The Morgan fingerprint density at radius 1 is 1.45 bits per heavy atom. The summed E-state index contributed by atoms with van der Waals surface area (Å²) < 4.78 is 20.4. The van der Waals surface area contributed by atoms with Crippen molar-refractivity contribution in [1.29, 1.82) is 0 Å². The summed E-state index contributed by atoms with van der Waals surface area (Å²) in [5, 5.41) is 28.6. The first kappa shape index (κ1) is 13.1. The van der Waals surface area contributed by atoms with Crippen molar-refractivity contribution < 1.29 is 24.4 Å². The monoisotopic (exact) mass is 285 g/mol. The van der Waals surface area contributed by atoms with E-state index in [1.54, 1.807) is 0 Å². The summed E-state index contributed by atoms with van der Waals surface area (Å²) >= 11 is 0. The van der Waals surface area contributed by atoms with Gasteiger partial charge in [-0.15, -0.1) is 0 Å². The number of aromatic nitrogens is 4. The molecule has 0 unspecified atom stereocenters. The minimum absolute atomic E-state index is 0.0574. The van der Waals surface area contributed by atoms with Crippen LogP contribution in [0.15, 0.2) is 12.5 Å². The molecule has 0 spiro atoms. The van der Waals surface area contributed by atoms with Crippen molar-refractivity contribution in [3.63, 3.8) is 0 Å². The molecular weight excluding hydrogens is 273 g/mol. The van der Waals surface area contributed by atoms with E-state index in [2.05, 4.69) is 15.0 Å². The molecule has 0 aliphatic carbocycles. The van der Waals surface area contributed by atoms with Crippen molar-refractivity contribution in [1.82, 2.24) is 19.5 Å². The Kier molecular flexibility index (Phi) is 2.83. The van der Waals surface area contributed by atoms with Crippen LogP contribution < -0.4 is 5.73 Å². The second kappa shape index (κ2) is 4.31. The van der Waals surface area contributed by atoms with E-state index in [9.17, 15) is 19.7 Å². The number of alkyl halides is 1. The van der Waals surface area contributed by atoms with Gasteiger partial charge in [-0.1, -0.05) is 0 Å². The number of hydrogen-bond acceptors (Lipinski definition) is 8. The molecule has 10 heteroatoms. The number of imidazole rings is 1. The first-order chi connectivity index (χ1) is 9.41. The molecule has 5 N–H and O–H groups in total. The van der Waals surface area contributed by atoms with Crippen molar-refractivity contribution in [3.05, 3.63) is 12.5 Å². The third-order valence-corrected chi connectivity index (χ3v) is 3.14. The van der Waals surface area contributed by atoms with Crippen LogP contribution >= 0.6 is 0 Å². The van der Waals surface area contributed by atoms with Gasteiger partial charge in [-0.2, -0.15) is 4.98 Å². The molecule has 1 aliphatic rings. The maximum atomic E-state index is 14.3. The number of rotatable bonds is 1. The van der Waals surface area contributed by atoms with Gasteiger partial charge < -0.3 is 25.8 Å². The molecule has 1 aliphatic heterocycles. The normalized spacial score (nSPS) is 34.5. The van der Waals surface area contributed by atoms with Gasteiger partial charge in [-0.05, 0) is 0 Å². The lowest BCUT2D eigenvalue weighted by Crippen LogP contribution is -2.57. The van der Waals surface area contributed by atoms with E-state index in [1.165, 1.54) is 12.5 Å². The number of aliphatic hydroxyl groups is 3. The number of anilines is 1. The third kappa shape index (κ3) is 1.81. The molecule has 1 fully saturated rings. The van der Waals surface area contributed by atoms with Crippen LogP contribution in [0.2, 0.25) is 0 Å². The van der Waals surface area contributed by atoms with E-state index >= 15 is 0 Å². The number of aliphatic hydroxyl groups excluding tert-OH is 2. The maximum absolute atomic E-state index is 14.3. The summed E-state index contributed by atoms with van der Waals surface area (Å²) in [6.45, 7) is -0.349. The van der Waals surface area contributed by atoms with Crippen LogP contribution in [0.4, 0.5) is 10.3 Å². The summed E-state index contributed by atoms with van der Waals surface area (Å²) in [7, 11) is 0. The lowest BCUT2D eigenvalue weighted by molar-refractivity contribution is -0.318. The highest BCUT2D eigenvalue weighted by molar-refractivity contribution is 5.70. The average Bonchev–Trinajstić information content (AvgIpc) is 2.79. The molecule has 108 valence electrons. The van der Waals surface area contributed by atoms with E-state index in [0.29, 0.717) is 5.52 Å². The quantitative estimate of drug-likeness (QED) is 0.487. The predicted molar refractivity (Wildman–Crippen MR) is 62.8 cm³/mol. The zero-order chi connectivity index (χ0) is 14.5. The van der Waals surface area contributed by atoms with Crippen LogP contribution in [-0.4, -0.2) is 59.5 Å². The van der Waals surface area contributed by atoms with Gasteiger partial charge in [0.05, 0.1) is 19.1 Å². The van der Waals surface area contributed by atoms with E-state index in [0.717, 1.165) is 4.57 Å². The zero-order valence-corrected chi connectivity index (χ0v) is 10.1. The van der Waals surface area contributed by atoms with Crippen LogP contribution in [0.25, 0.3) is 11.2 Å². The maximum Gasteiger partial charge on any atom is 0.281 e. The first-order valence-corrected chi connectivity index (χ1v) is 5.75. The third-order valence-electron chi connectivity index (χ3n) is 3.14. The lowest BCUT2D eigenvalue weighted by Gasteiger charge is -2.39. The fourth-order valence-corrected chi connectivity index (χ4v) is 2.10. The highest BCUT2D eigenvalue weighted by Crippen LogP contribution is 2.36. The Morgan fingerprint density at radius 2 is 2.20 bits per heavy atom. The fourth-order valence-electron chi connectivity index (χ4n) is 2.10. The van der Waals surface area contributed by atoms with E-state index < -0.39 is 24.3 Å². The topological polar surface area (TPSA) is 140 Å². The highest BCUT2D eigenvalue weighted by Gasteiger charge is 2.53. The molecule has 4 atom stereocenters. The average molecular weight is 285 g/mol. The largest absolute Gasteiger partial charge is 0.388 e. The Balaban J connectivity index is 2.08. The molecule has 3 rings (SSSR count). The highest BCUT2D eigenvalue weighted by atomic mass is 19.2. The van der Waals surface area contributed by atoms with E-state index in [4.69, 9.17) is 10.5 Å². The Labute approximate surface area is 111 Å². The van der Waals surface area contributed by atoms with Crippen molar-refractivity contribution in [2.24, 2.45) is 0 Å². The van der Waals surface area contributed by atoms with Gasteiger partial charge in [-0.3, -0.25) is 4.57 Å². The predicted octanol–water partition coefficient (Wildman–Crippen LogP) is -1.68. The van der Waals surface area contributed by atoms with Crippen LogP contribution in [0.3, 0.4) is 0 Å². The molecule has 3 heterocycles. The molecule has 0 aromatic carbocycles. The number of nitrogen functional groups attached to an aromatic ring is 1. The number of fused-ring (bicyclic) bond motifs is 1. The number of hydrogen-bond donors (Lipinski definition) is 4. The smallest absolute Gasteiger partial charge is 0.281 e. The molecular formula is C10H12FN5O4. The standard InChI is InChI=1S/C10H12FN5O4/c11-10(19)6(18)5(17)2-20-8(10)16-3-14-4-1-13-9(12)15-7(4)16/h1,3,5-6,8,17-19H,2H2,(H2,12,13,15)/t5-,6-,8-,10+/m1/s1. The fraction of sp³-hybridized carbons (Fsp3) is 0.500. The molecule has 1 saturated heterocycles. The van der Waals surface area contributed by atoms with Crippen LogP contribution in [0.5, 0.6) is 0 Å². The van der Waals surface area contributed by atoms with E-state index in [-0.39, 0.29) is 18.2 Å². The zero-order valence-electron chi connectivity index (χ0n) is 10.1. The van der Waals surface area contributed by atoms with Gasteiger partial charge in [-0.25, -0.2) is 14.4 Å². The summed E-state index contributed by atoms with van der Waals surface area (Å²) in [4.78, 5) is 11.5. The number of nitrogens with two attached hydrogens (primary N) is 1. The Morgan fingerprint density at radius 3 is 2.95 bits per heavy atom. The molecule has 0 radical (unpaired) electrons. The van der Waals surface area contributed by atoms with Gasteiger partial charge in [0.2, 0.25) is 5.95 Å². The lowest BCUT2D eigenvalue weighted by atomic mass is 10.0. The molecule has 0 amide bonds. The van der Waals surface area contributed by atoms with Gasteiger partial charge in [0.15, 0.2) is 11.9 Å². The minimum Gasteiger partial charge on any atom is -0.388 e. The van der Waals surface area contributed by atoms with Gasteiger partial charge in [0.25, 0.3) is 5.85 Å². The summed E-state index contributed by atoms with van der Waals surface area (Å²) in [6, 6.07) is 0. The van der Waals surface area contributed by atoms with Gasteiger partial charge in [0, 0.05) is 0 Å². The summed E-state index contributed by atoms with van der Waals surface area (Å²) in [5.41, 5.74) is 5.91. The molecule has 9 nitrogen and oxygen atoms in total. The second-order valence-electron chi connectivity index (χ2n) is 4.51. The molecule has 0 saturated carbocycles. The second-order valence-corrected chi connectivity index (χ2v) is 4.51. The van der Waals surface area contributed by atoms with Gasteiger partial charge >= 0.3 is 0 Å². The SMILES string of the molecule is Nc1ncc2ncn([C@@H]3OC[C@@H](O)[C@@H](O)[C@@]3(O)F)c2n1. The number of nitrogens with zero attached hydrogens (tertiary/aromatic N) is 4. The number of halogens is 1. The first-order valence-electron chi connectivity index (χ1n) is 5.75.